The van der Waals surface area contributed by atoms with Crippen molar-refractivity contribution in [1.29, 1.82) is 0 Å². The predicted molar refractivity (Wildman–Crippen MR) is 95.7 cm³/mol. The Balaban J connectivity index is 1.34. The van der Waals surface area contributed by atoms with Crippen molar-refractivity contribution in [2.45, 2.75) is 19.3 Å². The molecule has 1 aromatic carbocycles. The highest BCUT2D eigenvalue weighted by Crippen LogP contribution is 2.21. The average Bonchev–Trinajstić information content (AvgIpc) is 3.38. The van der Waals surface area contributed by atoms with Gasteiger partial charge >= 0.3 is 6.03 Å². The summed E-state index contributed by atoms with van der Waals surface area (Å²) in [7, 11) is 0. The van der Waals surface area contributed by atoms with Crippen molar-refractivity contribution < 1.29 is 4.79 Å². The SMILES string of the molecule is O=C(Nc1cccc(-n2ccnn2)c1)N1CC[C@H](CN2CCCC2)C1. The molecule has 2 aliphatic heterocycles. The molecule has 0 bridgehead atoms. The van der Waals surface area contributed by atoms with Crippen molar-refractivity contribution in [3.8, 4) is 5.69 Å². The second-order valence-electron chi connectivity index (χ2n) is 6.94. The molecule has 7 heteroatoms. The minimum atomic E-state index is -0.0142. The Hall–Kier alpha value is -2.41. The van der Waals surface area contributed by atoms with Gasteiger partial charge in [-0.3, -0.25) is 0 Å². The summed E-state index contributed by atoms with van der Waals surface area (Å²) in [5, 5.41) is 10.8. The number of carbonyl (C=O) groups is 1. The van der Waals surface area contributed by atoms with Crippen LogP contribution in [0.3, 0.4) is 0 Å². The quantitative estimate of drug-likeness (QED) is 0.927. The van der Waals surface area contributed by atoms with Crippen molar-refractivity contribution in [3.05, 3.63) is 36.7 Å². The lowest BCUT2D eigenvalue weighted by molar-refractivity contribution is 0.217. The van der Waals surface area contributed by atoms with E-state index in [0.29, 0.717) is 5.92 Å². The molecular formula is C18H24N6O. The Labute approximate surface area is 147 Å². The minimum absolute atomic E-state index is 0.0142. The first-order chi connectivity index (χ1) is 12.3. The van der Waals surface area contributed by atoms with Gasteiger partial charge in [-0.05, 0) is 56.5 Å². The normalized spacial score (nSPS) is 21.0. The van der Waals surface area contributed by atoms with Crippen LogP contribution < -0.4 is 5.32 Å². The van der Waals surface area contributed by atoms with Gasteiger partial charge in [-0.15, -0.1) is 5.10 Å². The molecule has 0 aliphatic carbocycles. The molecule has 132 valence electrons. The number of hydrogen-bond donors (Lipinski definition) is 1. The van der Waals surface area contributed by atoms with Gasteiger partial charge in [-0.2, -0.15) is 0 Å². The lowest BCUT2D eigenvalue weighted by Gasteiger charge is -2.21. The molecule has 0 radical (unpaired) electrons. The van der Waals surface area contributed by atoms with Crippen LogP contribution in [0.5, 0.6) is 0 Å². The summed E-state index contributed by atoms with van der Waals surface area (Å²) in [6.45, 7) is 5.26. The highest BCUT2D eigenvalue weighted by molar-refractivity contribution is 5.89. The van der Waals surface area contributed by atoms with E-state index in [2.05, 4.69) is 20.5 Å². The van der Waals surface area contributed by atoms with Gasteiger partial charge in [0.1, 0.15) is 0 Å². The van der Waals surface area contributed by atoms with Gasteiger partial charge in [0.05, 0.1) is 18.1 Å². The van der Waals surface area contributed by atoms with E-state index in [1.165, 1.54) is 25.9 Å². The van der Waals surface area contributed by atoms with E-state index in [1.54, 1.807) is 17.1 Å². The summed E-state index contributed by atoms with van der Waals surface area (Å²) >= 11 is 0. The second-order valence-corrected chi connectivity index (χ2v) is 6.94. The summed E-state index contributed by atoms with van der Waals surface area (Å²) in [5.41, 5.74) is 1.66. The number of likely N-dealkylation sites (tertiary alicyclic amines) is 2. The Morgan fingerprint density at radius 1 is 1.24 bits per heavy atom. The van der Waals surface area contributed by atoms with Crippen LogP contribution in [0.15, 0.2) is 36.7 Å². The Morgan fingerprint density at radius 2 is 2.12 bits per heavy atom. The number of amides is 2. The van der Waals surface area contributed by atoms with E-state index in [0.717, 1.165) is 37.4 Å². The zero-order chi connectivity index (χ0) is 17.1. The van der Waals surface area contributed by atoms with Gasteiger partial charge < -0.3 is 15.1 Å². The molecule has 0 unspecified atom stereocenters. The largest absolute Gasteiger partial charge is 0.324 e. The molecule has 1 aromatic heterocycles. The highest BCUT2D eigenvalue weighted by Gasteiger charge is 2.28. The fourth-order valence-electron chi connectivity index (χ4n) is 3.77. The van der Waals surface area contributed by atoms with Crippen LogP contribution in [0.1, 0.15) is 19.3 Å². The molecule has 2 aliphatic rings. The standard InChI is InChI=1S/C18H24N6O/c25-18(23-10-6-15(14-23)13-22-8-1-2-9-22)20-16-4-3-5-17(12-16)24-11-7-19-21-24/h3-5,7,11-12,15H,1-2,6,8-10,13-14H2,(H,20,25)/t15-/m1/s1. The summed E-state index contributed by atoms with van der Waals surface area (Å²) < 4.78 is 1.68. The maximum absolute atomic E-state index is 12.6. The number of nitrogens with zero attached hydrogens (tertiary/aromatic N) is 5. The summed E-state index contributed by atoms with van der Waals surface area (Å²) in [5.74, 6) is 0.602. The Bertz CT molecular complexity index is 710. The molecule has 1 atom stereocenters. The van der Waals surface area contributed by atoms with Gasteiger partial charge in [-0.1, -0.05) is 11.3 Å². The third-order valence-corrected chi connectivity index (χ3v) is 5.07. The Kier molecular flexibility index (Phi) is 4.65. The highest BCUT2D eigenvalue weighted by atomic mass is 16.2. The predicted octanol–water partition coefficient (Wildman–Crippen LogP) is 2.22. The van der Waals surface area contributed by atoms with Crippen molar-refractivity contribution in [3.63, 3.8) is 0 Å². The molecule has 2 fully saturated rings. The molecule has 25 heavy (non-hydrogen) atoms. The van der Waals surface area contributed by atoms with Gasteiger partial charge in [0, 0.05) is 25.3 Å². The second kappa shape index (κ2) is 7.23. The molecule has 4 rings (SSSR count). The fraction of sp³-hybridized carbons (Fsp3) is 0.500. The van der Waals surface area contributed by atoms with Gasteiger partial charge in [0.25, 0.3) is 0 Å². The number of hydrogen-bond acceptors (Lipinski definition) is 4. The number of aromatic nitrogens is 3. The maximum atomic E-state index is 12.6. The van der Waals surface area contributed by atoms with Gasteiger partial charge in [0.2, 0.25) is 0 Å². The van der Waals surface area contributed by atoms with E-state index in [9.17, 15) is 4.79 Å². The molecule has 3 heterocycles. The number of rotatable bonds is 4. The van der Waals surface area contributed by atoms with E-state index < -0.39 is 0 Å². The van der Waals surface area contributed by atoms with E-state index in [-0.39, 0.29) is 6.03 Å². The molecule has 2 amide bonds. The maximum Gasteiger partial charge on any atom is 0.321 e. The molecule has 1 N–H and O–H groups in total. The van der Waals surface area contributed by atoms with Crippen LogP contribution in [-0.4, -0.2) is 63.5 Å². The van der Waals surface area contributed by atoms with Crippen molar-refractivity contribution in [1.82, 2.24) is 24.8 Å². The van der Waals surface area contributed by atoms with Crippen LogP contribution in [-0.2, 0) is 0 Å². The van der Waals surface area contributed by atoms with Crippen LogP contribution in [0, 0.1) is 5.92 Å². The first kappa shape index (κ1) is 16.1. The first-order valence-electron chi connectivity index (χ1n) is 9.03. The summed E-state index contributed by atoms with van der Waals surface area (Å²) in [6.07, 6.45) is 7.15. The Morgan fingerprint density at radius 3 is 2.92 bits per heavy atom. The molecule has 0 spiro atoms. The topological polar surface area (TPSA) is 66.3 Å². The van der Waals surface area contributed by atoms with Crippen LogP contribution in [0.4, 0.5) is 10.5 Å². The monoisotopic (exact) mass is 340 g/mol. The van der Waals surface area contributed by atoms with Crippen LogP contribution >= 0.6 is 0 Å². The molecular weight excluding hydrogens is 316 g/mol. The number of benzene rings is 1. The lowest BCUT2D eigenvalue weighted by atomic mass is 10.1. The molecule has 2 aromatic rings. The smallest absolute Gasteiger partial charge is 0.321 e. The van der Waals surface area contributed by atoms with Crippen LogP contribution in [0.25, 0.3) is 5.69 Å². The lowest BCUT2D eigenvalue weighted by Crippen LogP contribution is -2.34. The first-order valence-corrected chi connectivity index (χ1v) is 9.03. The zero-order valence-corrected chi connectivity index (χ0v) is 14.3. The molecule has 7 nitrogen and oxygen atoms in total. The fourth-order valence-corrected chi connectivity index (χ4v) is 3.77. The van der Waals surface area contributed by atoms with Crippen molar-refractivity contribution in [2.24, 2.45) is 5.92 Å². The summed E-state index contributed by atoms with van der Waals surface area (Å²) in [4.78, 5) is 17.0. The number of carbonyl (C=O) groups excluding carboxylic acids is 1. The number of anilines is 1. The van der Waals surface area contributed by atoms with Crippen LogP contribution in [0.2, 0.25) is 0 Å². The minimum Gasteiger partial charge on any atom is -0.324 e. The third kappa shape index (κ3) is 3.82. The van der Waals surface area contributed by atoms with Crippen molar-refractivity contribution in [2.75, 3.05) is 38.0 Å². The van der Waals surface area contributed by atoms with Crippen molar-refractivity contribution >= 4 is 11.7 Å². The van der Waals surface area contributed by atoms with Gasteiger partial charge in [-0.25, -0.2) is 9.48 Å². The molecule has 2 saturated heterocycles. The van der Waals surface area contributed by atoms with E-state index in [1.807, 2.05) is 29.2 Å². The van der Waals surface area contributed by atoms with Gasteiger partial charge in [0.15, 0.2) is 0 Å². The van der Waals surface area contributed by atoms with E-state index in [4.69, 9.17) is 0 Å². The zero-order valence-electron chi connectivity index (χ0n) is 14.3. The van der Waals surface area contributed by atoms with E-state index >= 15 is 0 Å². The molecule has 0 saturated carbocycles. The third-order valence-electron chi connectivity index (χ3n) is 5.07. The number of nitrogens with one attached hydrogen (secondary N) is 1. The summed E-state index contributed by atoms with van der Waals surface area (Å²) in [6, 6.07) is 7.64. The number of urea groups is 1. The average molecular weight is 340 g/mol.